The first kappa shape index (κ1) is 34.3. The lowest BCUT2D eigenvalue weighted by molar-refractivity contribution is -0.155. The van der Waals surface area contributed by atoms with Crippen LogP contribution in [0.25, 0.3) is 0 Å². The van der Waals surface area contributed by atoms with Crippen LogP contribution in [0.5, 0.6) is 0 Å². The second kappa shape index (κ2) is 15.2. The summed E-state index contributed by atoms with van der Waals surface area (Å²) < 4.78 is 12.5. The summed E-state index contributed by atoms with van der Waals surface area (Å²) in [7, 11) is 0. The molecule has 5 rings (SSSR count). The number of morpholine rings is 1. The average molecular weight is 637 g/mol. The molecule has 1 aromatic rings. The van der Waals surface area contributed by atoms with E-state index in [1.807, 2.05) is 42.2 Å². The zero-order chi connectivity index (χ0) is 32.7. The number of likely N-dealkylation sites (tertiary alicyclic amines) is 1. The van der Waals surface area contributed by atoms with Crippen molar-refractivity contribution in [2.75, 3.05) is 65.6 Å². The average Bonchev–Trinajstić information content (AvgIpc) is 3.68. The molecule has 252 valence electrons. The molecule has 0 saturated carbocycles. The summed E-state index contributed by atoms with van der Waals surface area (Å²) in [6, 6.07) is 9.02. The number of hydrogen-bond donors (Lipinski definition) is 1. The molecule has 0 aliphatic carbocycles. The Morgan fingerprint density at radius 1 is 1.00 bits per heavy atom. The topological polar surface area (TPSA) is 103 Å². The van der Waals surface area contributed by atoms with Crippen molar-refractivity contribution in [2.45, 2.75) is 69.2 Å². The van der Waals surface area contributed by atoms with Gasteiger partial charge in [-0.3, -0.25) is 19.3 Å². The minimum atomic E-state index is -1.08. The summed E-state index contributed by atoms with van der Waals surface area (Å²) in [5.41, 5.74) is -0.892. The van der Waals surface area contributed by atoms with Crippen LogP contribution in [-0.2, 0) is 30.4 Å². The van der Waals surface area contributed by atoms with E-state index in [4.69, 9.17) is 9.47 Å². The Morgan fingerprint density at radius 2 is 1.72 bits per heavy atom. The molecule has 2 bridgehead atoms. The van der Waals surface area contributed by atoms with Crippen LogP contribution in [0.1, 0.15) is 51.0 Å². The van der Waals surface area contributed by atoms with Gasteiger partial charge in [-0.15, -0.1) is 13.2 Å². The van der Waals surface area contributed by atoms with Crippen molar-refractivity contribution < 1.29 is 29.0 Å². The van der Waals surface area contributed by atoms with E-state index < -0.39 is 29.1 Å². The third kappa shape index (κ3) is 6.54. The number of rotatable bonds is 17. The largest absolute Gasteiger partial charge is 0.396 e. The molecule has 4 saturated heterocycles. The molecule has 4 aliphatic heterocycles. The lowest BCUT2D eigenvalue weighted by Crippen LogP contribution is -2.57. The molecule has 2 unspecified atom stereocenters. The molecule has 46 heavy (non-hydrogen) atoms. The van der Waals surface area contributed by atoms with Crippen LogP contribution in [-0.4, -0.2) is 125 Å². The smallest absolute Gasteiger partial charge is 0.248 e. The third-order valence-electron chi connectivity index (χ3n) is 10.6. The number of hydrogen-bond acceptors (Lipinski definition) is 7. The van der Waals surface area contributed by atoms with E-state index in [1.165, 1.54) is 0 Å². The summed E-state index contributed by atoms with van der Waals surface area (Å²) in [6.07, 6.45) is 7.22. The zero-order valence-electron chi connectivity index (χ0n) is 27.5. The maximum atomic E-state index is 14.7. The Balaban J connectivity index is 1.48. The van der Waals surface area contributed by atoms with Gasteiger partial charge >= 0.3 is 0 Å². The monoisotopic (exact) mass is 636 g/mol. The van der Waals surface area contributed by atoms with Crippen LogP contribution < -0.4 is 0 Å². The number of ether oxygens (including phenoxy) is 2. The minimum absolute atomic E-state index is 0.0801. The summed E-state index contributed by atoms with van der Waals surface area (Å²) in [5.74, 6) is -1.86. The van der Waals surface area contributed by atoms with Gasteiger partial charge in [0.15, 0.2) is 0 Å². The van der Waals surface area contributed by atoms with Crippen LogP contribution in [0.4, 0.5) is 0 Å². The van der Waals surface area contributed by atoms with Crippen LogP contribution in [0.3, 0.4) is 0 Å². The Hall–Kier alpha value is -3.05. The highest BCUT2D eigenvalue weighted by molar-refractivity contribution is 5.99. The maximum absolute atomic E-state index is 14.7. The quantitative estimate of drug-likeness (QED) is 0.207. The Morgan fingerprint density at radius 3 is 2.39 bits per heavy atom. The van der Waals surface area contributed by atoms with E-state index in [0.29, 0.717) is 84.6 Å². The molecule has 10 nitrogen and oxygen atoms in total. The molecule has 0 radical (unpaired) electrons. The number of aliphatic hydroxyl groups is 1. The Bertz CT molecular complexity index is 1240. The number of fused-ring (bicyclic) bond motifs is 1. The molecule has 1 N–H and O–H groups in total. The summed E-state index contributed by atoms with van der Waals surface area (Å²) in [4.78, 5) is 51.6. The van der Waals surface area contributed by atoms with Gasteiger partial charge in [-0.1, -0.05) is 49.4 Å². The summed E-state index contributed by atoms with van der Waals surface area (Å²) in [6.45, 7) is 15.6. The van der Waals surface area contributed by atoms with Crippen molar-refractivity contribution in [3.8, 4) is 0 Å². The molecule has 0 aromatic heterocycles. The summed E-state index contributed by atoms with van der Waals surface area (Å²) >= 11 is 0. The van der Waals surface area contributed by atoms with Gasteiger partial charge in [0.25, 0.3) is 0 Å². The first-order chi connectivity index (χ1) is 22.4. The van der Waals surface area contributed by atoms with E-state index in [0.717, 1.165) is 25.1 Å². The SMILES string of the molecule is C=CCN(CCN1CCOCC1)C(=O)C1N(CCCCCO)C(=O)[C@@H]2[C@H](C(=O)N(CC=C)Cc3ccccc3)[C@]3(CC)CCC12O3. The molecule has 4 fully saturated rings. The fraction of sp³-hybridized carbons (Fsp3) is 0.639. The standard InChI is InChI=1S/C36H52N4O6/c1-4-17-38(21-20-37-22-25-45-26-23-37)34(44)31-36-16-15-35(6-3,46-36)29(30(36)33(43)40(31)19-11-8-12-24-41)32(42)39(18-5-2)27-28-13-9-7-10-14-28/h4-5,7,9-10,13-14,29-31,41H,1-2,6,8,11-12,15-27H2,3H3/t29-,30+,31?,35+,36?/m1/s1. The second-order valence-electron chi connectivity index (χ2n) is 13.2. The third-order valence-corrected chi connectivity index (χ3v) is 10.6. The molecule has 5 atom stereocenters. The van der Waals surface area contributed by atoms with E-state index >= 15 is 0 Å². The van der Waals surface area contributed by atoms with Crippen LogP contribution in [0.15, 0.2) is 55.6 Å². The fourth-order valence-electron chi connectivity index (χ4n) is 8.28. The van der Waals surface area contributed by atoms with Gasteiger partial charge in [0.1, 0.15) is 11.6 Å². The lowest BCUT2D eigenvalue weighted by Gasteiger charge is -2.37. The van der Waals surface area contributed by atoms with E-state index in [-0.39, 0.29) is 24.3 Å². The number of unbranched alkanes of at least 4 members (excludes halogenated alkanes) is 2. The van der Waals surface area contributed by atoms with Crippen molar-refractivity contribution in [3.05, 3.63) is 61.2 Å². The van der Waals surface area contributed by atoms with Gasteiger partial charge in [0, 0.05) is 59.0 Å². The van der Waals surface area contributed by atoms with Crippen molar-refractivity contribution >= 4 is 17.7 Å². The van der Waals surface area contributed by atoms with E-state index in [1.54, 1.807) is 22.0 Å². The van der Waals surface area contributed by atoms with E-state index in [9.17, 15) is 19.5 Å². The number of benzene rings is 1. The maximum Gasteiger partial charge on any atom is 0.248 e. The molecular formula is C36H52N4O6. The predicted molar refractivity (Wildman–Crippen MR) is 176 cm³/mol. The van der Waals surface area contributed by atoms with Crippen LogP contribution in [0, 0.1) is 11.8 Å². The minimum Gasteiger partial charge on any atom is -0.396 e. The molecular weight excluding hydrogens is 584 g/mol. The first-order valence-electron chi connectivity index (χ1n) is 17.1. The number of nitrogens with zero attached hydrogens (tertiary/aromatic N) is 4. The van der Waals surface area contributed by atoms with Crippen molar-refractivity contribution in [2.24, 2.45) is 11.8 Å². The first-order valence-corrected chi connectivity index (χ1v) is 17.1. The van der Waals surface area contributed by atoms with Gasteiger partial charge in [0.2, 0.25) is 17.7 Å². The number of carbonyl (C=O) groups is 3. The summed E-state index contributed by atoms with van der Waals surface area (Å²) in [5, 5.41) is 9.39. The molecule has 4 aliphatic rings. The molecule has 1 spiro atoms. The second-order valence-corrected chi connectivity index (χ2v) is 13.2. The zero-order valence-corrected chi connectivity index (χ0v) is 27.5. The van der Waals surface area contributed by atoms with Crippen molar-refractivity contribution in [3.63, 3.8) is 0 Å². The lowest BCUT2D eigenvalue weighted by atomic mass is 9.64. The van der Waals surface area contributed by atoms with Crippen molar-refractivity contribution in [1.29, 1.82) is 0 Å². The molecule has 3 amide bonds. The van der Waals surface area contributed by atoms with Gasteiger partial charge in [-0.25, -0.2) is 0 Å². The van der Waals surface area contributed by atoms with Gasteiger partial charge in [-0.05, 0) is 44.1 Å². The number of carbonyl (C=O) groups excluding carboxylic acids is 3. The fourth-order valence-corrected chi connectivity index (χ4v) is 8.28. The van der Waals surface area contributed by atoms with Gasteiger partial charge < -0.3 is 29.3 Å². The van der Waals surface area contributed by atoms with Crippen LogP contribution >= 0.6 is 0 Å². The highest BCUT2D eigenvalue weighted by atomic mass is 16.5. The molecule has 1 aromatic carbocycles. The Kier molecular flexibility index (Phi) is 11.4. The van der Waals surface area contributed by atoms with E-state index in [2.05, 4.69) is 18.1 Å². The van der Waals surface area contributed by atoms with Crippen LogP contribution in [0.2, 0.25) is 0 Å². The van der Waals surface area contributed by atoms with Crippen molar-refractivity contribution in [1.82, 2.24) is 19.6 Å². The normalized spacial score (nSPS) is 28.7. The predicted octanol–water partition coefficient (Wildman–Crippen LogP) is 2.87. The van der Waals surface area contributed by atoms with Gasteiger partial charge in [0.05, 0.1) is 30.7 Å². The number of aliphatic hydroxyl groups excluding tert-OH is 1. The highest BCUT2D eigenvalue weighted by Crippen LogP contribution is 2.64. The number of amides is 3. The molecule has 4 heterocycles. The highest BCUT2D eigenvalue weighted by Gasteiger charge is 2.79. The van der Waals surface area contributed by atoms with Gasteiger partial charge in [-0.2, -0.15) is 0 Å². The Labute approximate surface area is 274 Å². The molecule has 10 heteroatoms.